The number of rotatable bonds is 7. The van der Waals surface area contributed by atoms with Crippen LogP contribution in [0.5, 0.6) is 34.5 Å². The average Bonchev–Trinajstić information content (AvgIpc) is 2.98. The van der Waals surface area contributed by atoms with Gasteiger partial charge in [-0.05, 0) is 42.0 Å². The molecule has 230 valence electrons. The van der Waals surface area contributed by atoms with Gasteiger partial charge in [0.15, 0.2) is 17.3 Å². The van der Waals surface area contributed by atoms with E-state index < -0.39 is 82.8 Å². The summed E-state index contributed by atoms with van der Waals surface area (Å²) in [6, 6.07) is 11.2. The van der Waals surface area contributed by atoms with Gasteiger partial charge in [0, 0.05) is 23.8 Å². The van der Waals surface area contributed by atoms with Gasteiger partial charge in [0.25, 0.3) is 0 Å². The third-order valence-electron chi connectivity index (χ3n) is 6.75. The third-order valence-corrected chi connectivity index (χ3v) is 6.75. The van der Waals surface area contributed by atoms with Crippen LogP contribution in [0.4, 0.5) is 0 Å². The molecule has 0 bridgehead atoms. The third kappa shape index (κ3) is 6.09. The maximum Gasteiger partial charge on any atom is 0.330 e. The van der Waals surface area contributed by atoms with Gasteiger partial charge in [-0.15, -0.1) is 0 Å². The number of aromatic hydroxyl groups is 5. The van der Waals surface area contributed by atoms with Crippen molar-refractivity contribution in [3.05, 3.63) is 76.5 Å². The van der Waals surface area contributed by atoms with Crippen molar-refractivity contribution < 1.29 is 64.3 Å². The predicted molar refractivity (Wildman–Crippen MR) is 150 cm³/mol. The number of carbonyl (C=O) groups excluding carboxylic acids is 1. The molecule has 1 fully saturated rings. The van der Waals surface area contributed by atoms with Crippen molar-refractivity contribution in [3.8, 4) is 45.8 Å². The van der Waals surface area contributed by atoms with E-state index in [1.807, 2.05) is 0 Å². The summed E-state index contributed by atoms with van der Waals surface area (Å²) in [7, 11) is 0. The molecule has 0 amide bonds. The Morgan fingerprint density at radius 1 is 0.818 bits per heavy atom. The van der Waals surface area contributed by atoms with Gasteiger partial charge < -0.3 is 59.5 Å². The zero-order valence-electron chi connectivity index (χ0n) is 22.5. The molecule has 3 aromatic carbocycles. The van der Waals surface area contributed by atoms with Crippen molar-refractivity contribution in [1.29, 1.82) is 0 Å². The number of ether oxygens (including phenoxy) is 3. The number of benzene rings is 3. The highest BCUT2D eigenvalue weighted by Gasteiger charge is 2.46. The van der Waals surface area contributed by atoms with E-state index in [1.54, 1.807) is 12.1 Å². The Kier molecular flexibility index (Phi) is 8.33. The molecule has 0 saturated carbocycles. The summed E-state index contributed by atoms with van der Waals surface area (Å²) in [4.78, 5) is 25.8. The lowest BCUT2D eigenvalue weighted by Crippen LogP contribution is -2.60. The number of esters is 1. The van der Waals surface area contributed by atoms with Crippen LogP contribution < -0.4 is 10.2 Å². The number of fused-ring (bicyclic) bond motifs is 1. The first-order valence-electron chi connectivity index (χ1n) is 13.0. The van der Waals surface area contributed by atoms with Crippen LogP contribution in [-0.2, 0) is 14.3 Å². The van der Waals surface area contributed by atoms with Gasteiger partial charge in [-0.1, -0.05) is 12.1 Å². The van der Waals surface area contributed by atoms with Crippen LogP contribution >= 0.6 is 0 Å². The zero-order chi connectivity index (χ0) is 31.7. The Bertz CT molecular complexity index is 1780. The monoisotopic (exact) mass is 610 g/mol. The highest BCUT2D eigenvalue weighted by atomic mass is 16.7. The Balaban J connectivity index is 1.43. The Morgan fingerprint density at radius 3 is 2.25 bits per heavy atom. The summed E-state index contributed by atoms with van der Waals surface area (Å²) >= 11 is 0. The average molecular weight is 611 g/mol. The van der Waals surface area contributed by atoms with Crippen molar-refractivity contribution in [2.75, 3.05) is 6.61 Å². The van der Waals surface area contributed by atoms with Crippen LogP contribution in [0.2, 0.25) is 0 Å². The van der Waals surface area contributed by atoms with Gasteiger partial charge in [0.1, 0.15) is 59.2 Å². The van der Waals surface area contributed by atoms with Gasteiger partial charge in [0.2, 0.25) is 17.5 Å². The van der Waals surface area contributed by atoms with Crippen LogP contribution in [0.3, 0.4) is 0 Å². The van der Waals surface area contributed by atoms with E-state index in [4.69, 9.17) is 18.6 Å². The first-order valence-corrected chi connectivity index (χ1v) is 13.0. The number of aliphatic hydroxyl groups excluding tert-OH is 3. The summed E-state index contributed by atoms with van der Waals surface area (Å²) in [5.41, 5.74) is -0.735. The van der Waals surface area contributed by atoms with Crippen molar-refractivity contribution >= 4 is 23.0 Å². The number of hydrogen-bond donors (Lipinski definition) is 8. The Hall–Kier alpha value is -5.28. The van der Waals surface area contributed by atoms with E-state index in [0.717, 1.165) is 30.3 Å². The molecule has 1 aliphatic heterocycles. The first kappa shape index (κ1) is 30.2. The summed E-state index contributed by atoms with van der Waals surface area (Å²) in [5.74, 6) is -4.08. The molecule has 5 rings (SSSR count). The van der Waals surface area contributed by atoms with E-state index in [-0.39, 0.29) is 22.7 Å². The lowest BCUT2D eigenvalue weighted by Gasteiger charge is -2.39. The molecule has 8 N–H and O–H groups in total. The molecule has 14 nitrogen and oxygen atoms in total. The number of aliphatic hydroxyl groups is 3. The molecule has 5 unspecified atom stereocenters. The Morgan fingerprint density at radius 2 is 1.55 bits per heavy atom. The molecular weight excluding hydrogens is 584 g/mol. The normalized spacial score (nSPS) is 21.8. The van der Waals surface area contributed by atoms with Gasteiger partial charge in [-0.25, -0.2) is 4.79 Å². The summed E-state index contributed by atoms with van der Waals surface area (Å²) < 4.78 is 22.1. The number of hydrogen-bond acceptors (Lipinski definition) is 14. The topological polar surface area (TPSA) is 237 Å². The summed E-state index contributed by atoms with van der Waals surface area (Å²) in [6.45, 7) is -0.616. The number of carbonyl (C=O) groups is 1. The second kappa shape index (κ2) is 12.1. The van der Waals surface area contributed by atoms with Gasteiger partial charge in [-0.2, -0.15) is 0 Å². The van der Waals surface area contributed by atoms with E-state index in [1.165, 1.54) is 24.3 Å². The largest absolute Gasteiger partial charge is 0.508 e. The second-order valence-electron chi connectivity index (χ2n) is 9.82. The molecule has 14 heteroatoms. The molecule has 1 aromatic heterocycles. The van der Waals surface area contributed by atoms with Crippen molar-refractivity contribution in [2.45, 2.75) is 30.7 Å². The molecule has 0 aliphatic carbocycles. The quantitative estimate of drug-likeness (QED) is 0.0840. The van der Waals surface area contributed by atoms with Crippen LogP contribution in [0.1, 0.15) is 5.56 Å². The van der Waals surface area contributed by atoms with E-state index in [2.05, 4.69) is 0 Å². The molecule has 1 saturated heterocycles. The first-order chi connectivity index (χ1) is 20.9. The fraction of sp³-hybridized carbons (Fsp3) is 0.200. The lowest BCUT2D eigenvalue weighted by atomic mass is 9.99. The van der Waals surface area contributed by atoms with E-state index in [9.17, 15) is 50.4 Å². The smallest absolute Gasteiger partial charge is 0.330 e. The lowest BCUT2D eigenvalue weighted by molar-refractivity contribution is -0.278. The number of phenolic OH excluding ortho intramolecular Hbond substituents is 5. The minimum atomic E-state index is -1.95. The molecule has 1 aliphatic rings. The molecule has 5 atom stereocenters. The molecule has 44 heavy (non-hydrogen) atoms. The standard InChI is InChI=1S/C30H26O14/c31-15-5-1-13(2-6-15)3-8-22(36)41-12-21-24(37)26(39)27(40)30(43-21)44-29-25(38)23-19(35)10-16(32)11-20(23)42-28(29)14-4-7-17(33)18(34)9-14/h1-11,21,24,26-27,30-35,37,39-40H,12H2. The van der Waals surface area contributed by atoms with E-state index in [0.29, 0.717) is 5.56 Å². The van der Waals surface area contributed by atoms with Crippen LogP contribution in [0, 0.1) is 0 Å². The minimum absolute atomic E-state index is 0.0195. The van der Waals surface area contributed by atoms with Crippen molar-refractivity contribution in [2.24, 2.45) is 0 Å². The summed E-state index contributed by atoms with van der Waals surface area (Å²) in [5, 5.41) is 80.6. The molecule has 0 spiro atoms. The second-order valence-corrected chi connectivity index (χ2v) is 9.82. The highest BCUT2D eigenvalue weighted by molar-refractivity contribution is 5.88. The van der Waals surface area contributed by atoms with Gasteiger partial charge in [-0.3, -0.25) is 4.79 Å². The molecular formula is C30H26O14. The zero-order valence-corrected chi connectivity index (χ0v) is 22.5. The number of phenols is 5. The minimum Gasteiger partial charge on any atom is -0.508 e. The fourth-order valence-corrected chi connectivity index (χ4v) is 4.46. The Labute approximate surface area is 247 Å². The summed E-state index contributed by atoms with van der Waals surface area (Å²) in [6.07, 6.45) is -6.45. The molecule has 0 radical (unpaired) electrons. The van der Waals surface area contributed by atoms with Gasteiger partial charge in [0.05, 0.1) is 0 Å². The maximum atomic E-state index is 13.6. The van der Waals surface area contributed by atoms with Crippen LogP contribution in [0.25, 0.3) is 28.4 Å². The van der Waals surface area contributed by atoms with E-state index >= 15 is 0 Å². The molecule has 2 heterocycles. The van der Waals surface area contributed by atoms with Gasteiger partial charge >= 0.3 is 5.97 Å². The molecule has 4 aromatic rings. The SMILES string of the molecule is O=C(C=Cc1ccc(O)cc1)OCC1OC(Oc2c(-c3ccc(O)c(O)c3)oc3cc(O)cc(O)c3c2=O)C(O)C(O)C1O. The predicted octanol–water partition coefficient (Wildman–Crippen LogP) is 1.43. The highest BCUT2D eigenvalue weighted by Crippen LogP contribution is 2.39. The van der Waals surface area contributed by atoms with Crippen molar-refractivity contribution in [1.82, 2.24) is 0 Å². The fourth-order valence-electron chi connectivity index (χ4n) is 4.46. The maximum absolute atomic E-state index is 13.6. The van der Waals surface area contributed by atoms with Crippen molar-refractivity contribution in [3.63, 3.8) is 0 Å². The van der Waals surface area contributed by atoms with Crippen LogP contribution in [0.15, 0.2) is 69.9 Å². The van der Waals surface area contributed by atoms with Crippen LogP contribution in [-0.4, -0.2) is 84.1 Å².